The van der Waals surface area contributed by atoms with E-state index in [4.69, 9.17) is 36.5 Å². The van der Waals surface area contributed by atoms with Gasteiger partial charge in [0.1, 0.15) is 10.0 Å². The van der Waals surface area contributed by atoms with Gasteiger partial charge in [0.25, 0.3) is 0 Å². The van der Waals surface area contributed by atoms with Gasteiger partial charge in [-0.25, -0.2) is 9.97 Å². The van der Waals surface area contributed by atoms with E-state index in [2.05, 4.69) is 12.1 Å². The van der Waals surface area contributed by atoms with Crippen LogP contribution in [0.5, 0.6) is 0 Å². The minimum atomic E-state index is -2.90. The van der Waals surface area contributed by atoms with E-state index >= 15 is 0 Å². The quantitative estimate of drug-likeness (QED) is 0.103. The lowest BCUT2D eigenvalue weighted by atomic mass is 10.3. The van der Waals surface area contributed by atoms with Crippen LogP contribution in [0.25, 0.3) is 20.4 Å². The van der Waals surface area contributed by atoms with Crippen molar-refractivity contribution in [3.8, 4) is 0 Å². The minimum absolute atomic E-state index is 0.0375. The summed E-state index contributed by atoms with van der Waals surface area (Å²) in [5.74, 6) is 0. The monoisotopic (exact) mass is 628 g/mol. The number of para-hydroxylation sites is 2. The van der Waals surface area contributed by atoms with Gasteiger partial charge >= 0.3 is 17.6 Å². The maximum Gasteiger partial charge on any atom is 0.501 e. The van der Waals surface area contributed by atoms with Crippen LogP contribution in [0.4, 0.5) is 0 Å². The summed E-state index contributed by atoms with van der Waals surface area (Å²) in [7, 11) is 7.52. The Kier molecular flexibility index (Phi) is 10.8. The number of rotatable bonds is 15. The number of benzene rings is 2. The van der Waals surface area contributed by atoms with E-state index in [-0.39, 0.29) is 10.5 Å². The molecule has 2 heterocycles. The second-order valence-electron chi connectivity index (χ2n) is 8.21. The Morgan fingerprint density at radius 1 is 0.605 bits per heavy atom. The SMILES string of the molecule is CO[Si](CC(SSC(C[Si](OC)(OC)OC)c1nc2ccccc2s1)c1nc2ccccc2s1)(OC)OC. The highest BCUT2D eigenvalue weighted by Gasteiger charge is 2.45. The van der Waals surface area contributed by atoms with Gasteiger partial charge in [-0.1, -0.05) is 45.9 Å². The number of fused-ring (bicyclic) bond motifs is 2. The summed E-state index contributed by atoms with van der Waals surface area (Å²) in [6.07, 6.45) is 0. The van der Waals surface area contributed by atoms with Crippen molar-refractivity contribution in [2.75, 3.05) is 42.7 Å². The lowest BCUT2D eigenvalue weighted by Crippen LogP contribution is -2.44. The largest absolute Gasteiger partial charge is 0.501 e. The van der Waals surface area contributed by atoms with Gasteiger partial charge in [-0.3, -0.25) is 0 Å². The molecule has 0 saturated carbocycles. The average molecular weight is 629 g/mol. The summed E-state index contributed by atoms with van der Waals surface area (Å²) in [5.41, 5.74) is 1.96. The molecule has 2 aromatic carbocycles. The zero-order valence-electron chi connectivity index (χ0n) is 22.2. The molecule has 0 amide bonds. The molecule has 4 aromatic rings. The van der Waals surface area contributed by atoms with E-state index < -0.39 is 17.6 Å². The van der Waals surface area contributed by atoms with E-state index in [9.17, 15) is 0 Å². The van der Waals surface area contributed by atoms with E-state index in [1.165, 1.54) is 0 Å². The first kappa shape index (κ1) is 30.1. The molecule has 0 aliphatic heterocycles. The summed E-state index contributed by atoms with van der Waals surface area (Å²) in [4.78, 5) is 9.94. The number of thiazole rings is 2. The standard InChI is InChI=1S/C24H32N2O6S4Si2/c1-27-37(28-2,29-3)15-21(23-25-17-11-7-9-13-19(17)33-23)35-36-22(16-38(30-4,31-5)32-6)24-26-18-12-8-10-14-20(18)34-24/h7-14,21-22H,15-16H2,1-6H3. The third-order valence-electron chi connectivity index (χ3n) is 6.20. The number of nitrogens with zero attached hydrogens (tertiary/aromatic N) is 2. The van der Waals surface area contributed by atoms with Crippen molar-refractivity contribution in [3.63, 3.8) is 0 Å². The number of hydrogen-bond acceptors (Lipinski definition) is 12. The minimum Gasteiger partial charge on any atom is -0.377 e. The van der Waals surface area contributed by atoms with Gasteiger partial charge in [0.15, 0.2) is 0 Å². The van der Waals surface area contributed by atoms with Crippen molar-refractivity contribution in [2.45, 2.75) is 22.6 Å². The fraction of sp³-hybridized carbons (Fsp3) is 0.417. The highest BCUT2D eigenvalue weighted by atomic mass is 33.1. The zero-order valence-corrected chi connectivity index (χ0v) is 27.4. The summed E-state index contributed by atoms with van der Waals surface area (Å²) in [6, 6.07) is 17.5. The maximum atomic E-state index is 5.81. The van der Waals surface area contributed by atoms with Crippen molar-refractivity contribution in [1.82, 2.24) is 9.97 Å². The molecule has 14 heteroatoms. The number of hydrogen-bond donors (Lipinski definition) is 0. The third-order valence-corrected chi connectivity index (χ3v) is 18.0. The summed E-state index contributed by atoms with van der Waals surface area (Å²) in [5, 5.41) is 1.93. The number of aromatic nitrogens is 2. The predicted octanol–water partition coefficient (Wildman–Crippen LogP) is 6.83. The second-order valence-corrected chi connectivity index (χ2v) is 19.0. The van der Waals surface area contributed by atoms with Crippen LogP contribution >= 0.6 is 44.3 Å². The lowest BCUT2D eigenvalue weighted by Gasteiger charge is -2.29. The van der Waals surface area contributed by atoms with Gasteiger partial charge < -0.3 is 26.6 Å². The molecular formula is C24H32N2O6S4Si2. The normalized spacial score (nSPS) is 14.4. The molecule has 4 rings (SSSR count). The van der Waals surface area contributed by atoms with Crippen LogP contribution in [0, 0.1) is 0 Å². The molecule has 0 aliphatic carbocycles. The van der Waals surface area contributed by atoms with Crippen LogP contribution in [0.2, 0.25) is 12.1 Å². The molecule has 2 unspecified atom stereocenters. The Morgan fingerprint density at radius 3 is 1.26 bits per heavy atom. The van der Waals surface area contributed by atoms with Gasteiger partial charge in [0.05, 0.1) is 30.9 Å². The molecule has 0 N–H and O–H groups in total. The van der Waals surface area contributed by atoms with E-state index in [0.29, 0.717) is 12.1 Å². The van der Waals surface area contributed by atoms with Crippen molar-refractivity contribution in [1.29, 1.82) is 0 Å². The predicted molar refractivity (Wildman–Crippen MR) is 163 cm³/mol. The molecule has 2 aromatic heterocycles. The molecule has 0 radical (unpaired) electrons. The van der Waals surface area contributed by atoms with E-state index in [0.717, 1.165) is 30.4 Å². The van der Waals surface area contributed by atoms with Gasteiger partial charge in [-0.2, -0.15) is 0 Å². The first-order valence-electron chi connectivity index (χ1n) is 11.8. The van der Waals surface area contributed by atoms with Crippen LogP contribution in [0.3, 0.4) is 0 Å². The van der Waals surface area contributed by atoms with Gasteiger partial charge in [-0.15, -0.1) is 22.7 Å². The van der Waals surface area contributed by atoms with Crippen LogP contribution < -0.4 is 0 Å². The first-order chi connectivity index (χ1) is 18.4. The Bertz CT molecular complexity index is 1130. The van der Waals surface area contributed by atoms with Crippen molar-refractivity contribution in [3.05, 3.63) is 58.5 Å². The fourth-order valence-electron chi connectivity index (χ4n) is 3.97. The molecule has 206 valence electrons. The van der Waals surface area contributed by atoms with Crippen LogP contribution in [0.15, 0.2) is 48.5 Å². The summed E-state index contributed by atoms with van der Waals surface area (Å²) in [6.45, 7) is 0. The van der Waals surface area contributed by atoms with Crippen molar-refractivity contribution >= 4 is 82.3 Å². The summed E-state index contributed by atoms with van der Waals surface area (Å²) >= 11 is 3.37. The fourth-order valence-corrected chi connectivity index (χ4v) is 15.3. The molecular weight excluding hydrogens is 597 g/mol. The van der Waals surface area contributed by atoms with Crippen LogP contribution in [0.1, 0.15) is 20.5 Å². The van der Waals surface area contributed by atoms with E-state index in [1.54, 1.807) is 86.9 Å². The van der Waals surface area contributed by atoms with Gasteiger partial charge in [0.2, 0.25) is 0 Å². The molecule has 38 heavy (non-hydrogen) atoms. The molecule has 8 nitrogen and oxygen atoms in total. The van der Waals surface area contributed by atoms with Crippen LogP contribution in [-0.2, 0) is 26.6 Å². The van der Waals surface area contributed by atoms with Gasteiger partial charge in [-0.05, 0) is 24.3 Å². The maximum absolute atomic E-state index is 5.81. The highest BCUT2D eigenvalue weighted by molar-refractivity contribution is 8.76. The second kappa shape index (κ2) is 13.7. The first-order valence-corrected chi connectivity index (χ1v) is 19.6. The lowest BCUT2D eigenvalue weighted by molar-refractivity contribution is 0.123. The topological polar surface area (TPSA) is 81.2 Å². The third kappa shape index (κ3) is 6.70. The van der Waals surface area contributed by atoms with Crippen molar-refractivity contribution < 1.29 is 26.6 Å². The Balaban J connectivity index is 1.68. The molecule has 0 fully saturated rings. The Hall–Kier alpha value is -0.886. The zero-order chi connectivity index (χ0) is 27.2. The van der Waals surface area contributed by atoms with E-state index in [1.807, 2.05) is 36.4 Å². The van der Waals surface area contributed by atoms with Crippen LogP contribution in [-0.4, -0.2) is 70.2 Å². The molecule has 0 saturated heterocycles. The Labute approximate surface area is 241 Å². The Morgan fingerprint density at radius 2 is 0.947 bits per heavy atom. The van der Waals surface area contributed by atoms with Gasteiger partial charge in [0, 0.05) is 54.7 Å². The highest BCUT2D eigenvalue weighted by Crippen LogP contribution is 2.53. The molecule has 0 aliphatic rings. The molecule has 2 atom stereocenters. The summed E-state index contributed by atoms with van der Waals surface area (Å²) < 4.78 is 37.2. The van der Waals surface area contributed by atoms with Crippen molar-refractivity contribution in [2.24, 2.45) is 0 Å². The molecule has 0 bridgehead atoms. The average Bonchev–Trinajstić information content (AvgIpc) is 3.60. The smallest absolute Gasteiger partial charge is 0.377 e. The molecule has 0 spiro atoms.